The van der Waals surface area contributed by atoms with Gasteiger partial charge >= 0.3 is 0 Å². The predicted octanol–water partition coefficient (Wildman–Crippen LogP) is 3.19. The Hall–Kier alpha value is -3.35. The topological polar surface area (TPSA) is 67.7 Å². The molecule has 0 spiro atoms. The summed E-state index contributed by atoms with van der Waals surface area (Å²) in [6, 6.07) is 15.4. The molecule has 0 bridgehead atoms. The second-order valence-corrected chi connectivity index (χ2v) is 8.21. The molecule has 2 amide bonds. The van der Waals surface area contributed by atoms with E-state index in [1.165, 1.54) is 0 Å². The zero-order valence-electron chi connectivity index (χ0n) is 17.7. The number of anilines is 1. The minimum absolute atomic E-state index is 0.0407. The van der Waals surface area contributed by atoms with E-state index < -0.39 is 0 Å². The fourth-order valence-electron chi connectivity index (χ4n) is 4.74. The van der Waals surface area contributed by atoms with E-state index in [2.05, 4.69) is 0 Å². The Morgan fingerprint density at radius 2 is 1.84 bits per heavy atom. The normalized spacial score (nSPS) is 18.9. The van der Waals surface area contributed by atoms with Gasteiger partial charge in [-0.15, -0.1) is 0 Å². The van der Waals surface area contributed by atoms with Crippen LogP contribution in [0.4, 0.5) is 5.69 Å². The van der Waals surface area contributed by atoms with Gasteiger partial charge in [0.25, 0.3) is 0 Å². The molecule has 1 aromatic heterocycles. The van der Waals surface area contributed by atoms with Gasteiger partial charge in [-0.3, -0.25) is 9.59 Å². The largest absolute Gasteiger partial charge is 0.495 e. The maximum Gasteiger partial charge on any atom is 0.242 e. The van der Waals surface area contributed by atoms with E-state index in [0.717, 1.165) is 48.5 Å². The third-order valence-corrected chi connectivity index (χ3v) is 6.30. The number of benzene rings is 2. The van der Waals surface area contributed by atoms with Crippen LogP contribution in [0.25, 0.3) is 11.0 Å². The molecule has 0 aliphatic carbocycles. The minimum Gasteiger partial charge on any atom is -0.495 e. The lowest BCUT2D eigenvalue weighted by Crippen LogP contribution is -2.32. The summed E-state index contributed by atoms with van der Waals surface area (Å²) in [5.41, 5.74) is 2.57. The van der Waals surface area contributed by atoms with E-state index in [1.807, 2.05) is 58.0 Å². The van der Waals surface area contributed by atoms with Crippen LogP contribution in [-0.4, -0.2) is 53.0 Å². The van der Waals surface area contributed by atoms with E-state index in [9.17, 15) is 9.59 Å². The molecule has 0 radical (unpaired) electrons. The second kappa shape index (κ2) is 8.06. The monoisotopic (exact) mass is 418 g/mol. The van der Waals surface area contributed by atoms with Crippen LogP contribution < -0.4 is 9.64 Å². The molecule has 2 aromatic carbocycles. The molecular formula is C24H26N4O3. The van der Waals surface area contributed by atoms with Crippen LogP contribution >= 0.6 is 0 Å². The van der Waals surface area contributed by atoms with Crippen molar-refractivity contribution in [3.05, 3.63) is 54.4 Å². The van der Waals surface area contributed by atoms with Crippen LogP contribution in [0.1, 0.15) is 31.0 Å². The smallest absolute Gasteiger partial charge is 0.242 e. The third kappa shape index (κ3) is 3.54. The number of nitrogens with zero attached hydrogens (tertiary/aromatic N) is 4. The van der Waals surface area contributed by atoms with Gasteiger partial charge in [-0.25, -0.2) is 4.98 Å². The van der Waals surface area contributed by atoms with Gasteiger partial charge in [0, 0.05) is 32.0 Å². The first kappa shape index (κ1) is 19.6. The van der Waals surface area contributed by atoms with Gasteiger partial charge < -0.3 is 19.1 Å². The zero-order valence-corrected chi connectivity index (χ0v) is 17.7. The summed E-state index contributed by atoms with van der Waals surface area (Å²) < 4.78 is 7.48. The van der Waals surface area contributed by atoms with Crippen LogP contribution in [0.5, 0.6) is 5.75 Å². The van der Waals surface area contributed by atoms with Crippen molar-refractivity contribution in [2.75, 3.05) is 31.6 Å². The Labute approximate surface area is 181 Å². The van der Waals surface area contributed by atoms with E-state index in [0.29, 0.717) is 18.7 Å². The van der Waals surface area contributed by atoms with Crippen LogP contribution in [0.15, 0.2) is 48.5 Å². The number of likely N-dealkylation sites (tertiary alicyclic amines) is 1. The molecule has 2 aliphatic rings. The highest BCUT2D eigenvalue weighted by Gasteiger charge is 2.36. The van der Waals surface area contributed by atoms with Crippen molar-refractivity contribution in [3.8, 4) is 5.75 Å². The van der Waals surface area contributed by atoms with Crippen LogP contribution in [0.2, 0.25) is 0 Å². The highest BCUT2D eigenvalue weighted by molar-refractivity contribution is 5.98. The highest BCUT2D eigenvalue weighted by Crippen LogP contribution is 2.37. The molecule has 0 N–H and O–H groups in total. The lowest BCUT2D eigenvalue weighted by atomic mass is 10.1. The number of carbonyl (C=O) groups excluding carboxylic acids is 2. The number of rotatable bonds is 5. The number of amides is 2. The summed E-state index contributed by atoms with van der Waals surface area (Å²) in [5, 5.41) is 0. The van der Waals surface area contributed by atoms with Crippen molar-refractivity contribution < 1.29 is 14.3 Å². The molecule has 31 heavy (non-hydrogen) atoms. The van der Waals surface area contributed by atoms with Crippen molar-refractivity contribution in [2.45, 2.75) is 31.7 Å². The molecule has 1 atom stereocenters. The first-order chi connectivity index (χ1) is 15.2. The first-order valence-electron chi connectivity index (χ1n) is 10.8. The van der Waals surface area contributed by atoms with Crippen molar-refractivity contribution in [1.82, 2.24) is 14.5 Å². The van der Waals surface area contributed by atoms with Gasteiger partial charge in [-0.05, 0) is 37.1 Å². The molecule has 3 aromatic rings. The lowest BCUT2D eigenvalue weighted by Gasteiger charge is -2.20. The van der Waals surface area contributed by atoms with Crippen molar-refractivity contribution in [3.63, 3.8) is 0 Å². The summed E-state index contributed by atoms with van der Waals surface area (Å²) in [4.78, 5) is 34.4. The Morgan fingerprint density at radius 1 is 1.10 bits per heavy atom. The average Bonchev–Trinajstić information content (AvgIpc) is 3.53. The number of fused-ring (bicyclic) bond motifs is 1. The fourth-order valence-corrected chi connectivity index (χ4v) is 4.74. The van der Waals surface area contributed by atoms with E-state index >= 15 is 0 Å². The standard InChI is InChI=1S/C24H26N4O3/c1-31-21-11-5-4-10-20(21)27-15-17(14-22(27)29)24-25-18-8-2-3-9-19(18)28(24)16-23(30)26-12-6-7-13-26/h2-5,8-11,17H,6-7,12-16H2,1H3. The van der Waals surface area contributed by atoms with Gasteiger partial charge in [-0.1, -0.05) is 24.3 Å². The van der Waals surface area contributed by atoms with Crippen molar-refractivity contribution >= 4 is 28.5 Å². The molecular weight excluding hydrogens is 392 g/mol. The molecule has 5 rings (SSSR count). The molecule has 7 heteroatoms. The Kier molecular flexibility index (Phi) is 5.10. The van der Waals surface area contributed by atoms with E-state index in [4.69, 9.17) is 9.72 Å². The van der Waals surface area contributed by atoms with E-state index in [-0.39, 0.29) is 24.3 Å². The highest BCUT2D eigenvalue weighted by atomic mass is 16.5. The average molecular weight is 418 g/mol. The molecule has 2 fully saturated rings. The number of ether oxygens (including phenoxy) is 1. The molecule has 0 saturated carbocycles. The number of imidazole rings is 1. The van der Waals surface area contributed by atoms with Gasteiger partial charge in [0.15, 0.2) is 0 Å². The summed E-state index contributed by atoms with van der Waals surface area (Å²) in [6.45, 7) is 2.42. The third-order valence-electron chi connectivity index (χ3n) is 6.30. The number of hydrogen-bond acceptors (Lipinski definition) is 4. The number of aromatic nitrogens is 2. The fraction of sp³-hybridized carbons (Fsp3) is 0.375. The quantitative estimate of drug-likeness (QED) is 0.638. The Bertz CT molecular complexity index is 1130. The molecule has 3 heterocycles. The van der Waals surface area contributed by atoms with Gasteiger partial charge in [-0.2, -0.15) is 0 Å². The lowest BCUT2D eigenvalue weighted by molar-refractivity contribution is -0.130. The predicted molar refractivity (Wildman–Crippen MR) is 118 cm³/mol. The van der Waals surface area contributed by atoms with Crippen LogP contribution in [0.3, 0.4) is 0 Å². The molecule has 2 saturated heterocycles. The first-order valence-corrected chi connectivity index (χ1v) is 10.8. The summed E-state index contributed by atoms with van der Waals surface area (Å²) >= 11 is 0. The number of para-hydroxylation sites is 4. The van der Waals surface area contributed by atoms with Crippen LogP contribution in [-0.2, 0) is 16.1 Å². The minimum atomic E-state index is -0.0869. The number of methoxy groups -OCH3 is 1. The maximum absolute atomic E-state index is 12.9. The maximum atomic E-state index is 12.9. The Morgan fingerprint density at radius 3 is 2.65 bits per heavy atom. The molecule has 2 aliphatic heterocycles. The van der Waals surface area contributed by atoms with Gasteiger partial charge in [0.1, 0.15) is 18.1 Å². The summed E-state index contributed by atoms with van der Waals surface area (Å²) in [6.07, 6.45) is 2.49. The molecule has 1 unspecified atom stereocenters. The molecule has 7 nitrogen and oxygen atoms in total. The van der Waals surface area contributed by atoms with Gasteiger partial charge in [0.05, 0.1) is 23.8 Å². The van der Waals surface area contributed by atoms with Crippen molar-refractivity contribution in [1.29, 1.82) is 0 Å². The van der Waals surface area contributed by atoms with E-state index in [1.54, 1.807) is 12.0 Å². The number of carbonyl (C=O) groups is 2. The number of hydrogen-bond donors (Lipinski definition) is 0. The summed E-state index contributed by atoms with van der Waals surface area (Å²) in [7, 11) is 1.61. The van der Waals surface area contributed by atoms with Gasteiger partial charge in [0.2, 0.25) is 11.8 Å². The second-order valence-electron chi connectivity index (χ2n) is 8.21. The zero-order chi connectivity index (χ0) is 21.4. The van der Waals surface area contributed by atoms with Crippen molar-refractivity contribution in [2.24, 2.45) is 0 Å². The van der Waals surface area contributed by atoms with Crippen LogP contribution in [0, 0.1) is 0 Å². The molecule has 160 valence electrons. The SMILES string of the molecule is COc1ccccc1N1CC(c2nc3ccccc3n2CC(=O)N2CCCC2)CC1=O. The Balaban J connectivity index is 1.48. The summed E-state index contributed by atoms with van der Waals surface area (Å²) in [5.74, 6) is 1.55.